The number of thiazole rings is 1. The van der Waals surface area contributed by atoms with E-state index in [1.807, 2.05) is 31.2 Å². The molecule has 0 saturated heterocycles. The second-order valence-corrected chi connectivity index (χ2v) is 6.99. The Kier molecular flexibility index (Phi) is 5.65. The predicted octanol–water partition coefficient (Wildman–Crippen LogP) is 4.54. The summed E-state index contributed by atoms with van der Waals surface area (Å²) in [6, 6.07) is 14.2. The van der Waals surface area contributed by atoms with Gasteiger partial charge in [-0.3, -0.25) is 14.9 Å². The molecule has 0 spiro atoms. The molecule has 132 valence electrons. The fourth-order valence-electron chi connectivity index (χ4n) is 2.31. The van der Waals surface area contributed by atoms with Gasteiger partial charge in [0.15, 0.2) is 5.13 Å². The third kappa shape index (κ3) is 4.91. The maximum absolute atomic E-state index is 12.2. The summed E-state index contributed by atoms with van der Waals surface area (Å²) in [7, 11) is 0. The van der Waals surface area contributed by atoms with Crippen molar-refractivity contribution in [2.24, 2.45) is 0 Å². The van der Waals surface area contributed by atoms with Crippen LogP contribution in [0.15, 0.2) is 53.9 Å². The summed E-state index contributed by atoms with van der Waals surface area (Å²) in [4.78, 5) is 28.6. The first kappa shape index (κ1) is 18.1. The zero-order chi connectivity index (χ0) is 18.5. The summed E-state index contributed by atoms with van der Waals surface area (Å²) < 4.78 is 0. The van der Waals surface area contributed by atoms with Crippen molar-refractivity contribution in [2.75, 3.05) is 10.6 Å². The molecule has 2 aromatic carbocycles. The highest BCUT2D eigenvalue weighted by Gasteiger charge is 2.11. The number of nitrogens with one attached hydrogen (secondary N) is 2. The lowest BCUT2D eigenvalue weighted by Crippen LogP contribution is -2.15. The number of benzene rings is 2. The van der Waals surface area contributed by atoms with Crippen molar-refractivity contribution in [3.8, 4) is 0 Å². The van der Waals surface area contributed by atoms with Gasteiger partial charge in [0.1, 0.15) is 0 Å². The van der Waals surface area contributed by atoms with Crippen molar-refractivity contribution in [3.05, 3.63) is 75.8 Å². The van der Waals surface area contributed by atoms with Crippen LogP contribution in [0.25, 0.3) is 0 Å². The highest BCUT2D eigenvalue weighted by Crippen LogP contribution is 2.18. The fourth-order valence-corrected chi connectivity index (χ4v) is 3.14. The van der Waals surface area contributed by atoms with Crippen LogP contribution in [-0.2, 0) is 11.2 Å². The van der Waals surface area contributed by atoms with Crippen molar-refractivity contribution in [2.45, 2.75) is 13.3 Å². The van der Waals surface area contributed by atoms with Gasteiger partial charge in [-0.05, 0) is 48.9 Å². The van der Waals surface area contributed by atoms with Crippen molar-refractivity contribution in [1.29, 1.82) is 0 Å². The first-order valence-electron chi connectivity index (χ1n) is 7.87. The van der Waals surface area contributed by atoms with Gasteiger partial charge in [0, 0.05) is 21.7 Å². The Bertz CT molecular complexity index is 938. The van der Waals surface area contributed by atoms with E-state index in [1.165, 1.54) is 11.3 Å². The van der Waals surface area contributed by atoms with Gasteiger partial charge in [-0.25, -0.2) is 4.98 Å². The fraction of sp³-hybridized carbons (Fsp3) is 0.105. The summed E-state index contributed by atoms with van der Waals surface area (Å²) in [5, 5.41) is 8.33. The Morgan fingerprint density at radius 2 is 1.88 bits per heavy atom. The largest absolute Gasteiger partial charge is 0.326 e. The van der Waals surface area contributed by atoms with Crippen LogP contribution in [0.5, 0.6) is 0 Å². The van der Waals surface area contributed by atoms with Crippen LogP contribution in [0, 0.1) is 6.92 Å². The first-order valence-corrected chi connectivity index (χ1v) is 9.13. The molecule has 0 saturated carbocycles. The maximum Gasteiger partial charge on any atom is 0.257 e. The van der Waals surface area contributed by atoms with Gasteiger partial charge in [-0.2, -0.15) is 0 Å². The van der Waals surface area contributed by atoms with E-state index in [1.54, 1.807) is 29.6 Å². The number of aromatic nitrogens is 1. The molecule has 7 heteroatoms. The maximum atomic E-state index is 12.2. The Labute approximate surface area is 160 Å². The van der Waals surface area contributed by atoms with Gasteiger partial charge >= 0.3 is 0 Å². The van der Waals surface area contributed by atoms with Crippen molar-refractivity contribution in [3.63, 3.8) is 0 Å². The Balaban J connectivity index is 1.58. The Hall–Kier alpha value is -2.70. The van der Waals surface area contributed by atoms with Crippen LogP contribution < -0.4 is 10.6 Å². The first-order chi connectivity index (χ1) is 12.5. The summed E-state index contributed by atoms with van der Waals surface area (Å²) >= 11 is 7.09. The molecule has 0 aliphatic heterocycles. The molecule has 0 bridgehead atoms. The number of anilines is 2. The van der Waals surface area contributed by atoms with Crippen molar-refractivity contribution < 1.29 is 9.59 Å². The number of nitrogens with zero attached hydrogens (tertiary/aromatic N) is 1. The lowest BCUT2D eigenvalue weighted by atomic mass is 10.2. The SMILES string of the molecule is Cc1cccc(NC(=O)Cc2csc(NC(=O)c3ccc(Cl)cc3)n2)c1. The molecule has 1 heterocycles. The van der Waals surface area contributed by atoms with E-state index >= 15 is 0 Å². The highest BCUT2D eigenvalue weighted by atomic mass is 35.5. The molecule has 0 unspecified atom stereocenters. The molecule has 2 N–H and O–H groups in total. The second kappa shape index (κ2) is 8.12. The topological polar surface area (TPSA) is 71.1 Å². The molecule has 2 amide bonds. The normalized spacial score (nSPS) is 10.4. The third-order valence-corrected chi connectivity index (χ3v) is 4.58. The number of hydrogen-bond acceptors (Lipinski definition) is 4. The van der Waals surface area contributed by atoms with E-state index in [0.717, 1.165) is 11.3 Å². The van der Waals surface area contributed by atoms with Crippen LogP contribution in [-0.4, -0.2) is 16.8 Å². The van der Waals surface area contributed by atoms with Gasteiger partial charge in [0.05, 0.1) is 12.1 Å². The summed E-state index contributed by atoms with van der Waals surface area (Å²) in [5.41, 5.74) is 2.92. The van der Waals surface area contributed by atoms with Gasteiger partial charge in [0.25, 0.3) is 5.91 Å². The minimum atomic E-state index is -0.272. The van der Waals surface area contributed by atoms with Crippen LogP contribution in [0.4, 0.5) is 10.8 Å². The van der Waals surface area contributed by atoms with Crippen LogP contribution in [0.2, 0.25) is 5.02 Å². The molecule has 0 radical (unpaired) electrons. The molecule has 26 heavy (non-hydrogen) atoms. The number of carbonyl (C=O) groups excluding carboxylic acids is 2. The molecule has 0 aliphatic rings. The molecule has 3 rings (SSSR count). The highest BCUT2D eigenvalue weighted by molar-refractivity contribution is 7.14. The van der Waals surface area contributed by atoms with E-state index in [0.29, 0.717) is 21.4 Å². The number of amides is 2. The molecule has 0 fully saturated rings. The predicted molar refractivity (Wildman–Crippen MR) is 105 cm³/mol. The average Bonchev–Trinajstić information content (AvgIpc) is 3.02. The number of aryl methyl sites for hydroxylation is 1. The minimum Gasteiger partial charge on any atom is -0.326 e. The molecule has 0 atom stereocenters. The van der Waals surface area contributed by atoms with Gasteiger partial charge in [-0.15, -0.1) is 11.3 Å². The second-order valence-electron chi connectivity index (χ2n) is 5.70. The van der Waals surface area contributed by atoms with E-state index < -0.39 is 0 Å². The molecule has 1 aromatic heterocycles. The Morgan fingerprint density at radius 1 is 1.12 bits per heavy atom. The molecular formula is C19H16ClN3O2S. The minimum absolute atomic E-state index is 0.140. The monoisotopic (exact) mass is 385 g/mol. The lowest BCUT2D eigenvalue weighted by molar-refractivity contribution is -0.115. The Morgan fingerprint density at radius 3 is 2.62 bits per heavy atom. The van der Waals surface area contributed by atoms with Gasteiger partial charge < -0.3 is 5.32 Å². The van der Waals surface area contributed by atoms with Crippen molar-refractivity contribution in [1.82, 2.24) is 4.98 Å². The van der Waals surface area contributed by atoms with Gasteiger partial charge in [0.2, 0.25) is 5.91 Å². The van der Waals surface area contributed by atoms with Crippen LogP contribution in [0.3, 0.4) is 0 Å². The molecular weight excluding hydrogens is 370 g/mol. The summed E-state index contributed by atoms with van der Waals surface area (Å²) in [5.74, 6) is -0.428. The molecule has 3 aromatic rings. The lowest BCUT2D eigenvalue weighted by Gasteiger charge is -2.04. The smallest absolute Gasteiger partial charge is 0.257 e. The number of carbonyl (C=O) groups is 2. The summed E-state index contributed by atoms with van der Waals surface area (Å²) in [6.45, 7) is 1.96. The molecule has 0 aliphatic carbocycles. The molecule has 5 nitrogen and oxygen atoms in total. The van der Waals surface area contributed by atoms with Crippen LogP contribution >= 0.6 is 22.9 Å². The quantitative estimate of drug-likeness (QED) is 0.677. The summed E-state index contributed by atoms with van der Waals surface area (Å²) in [6.07, 6.45) is 0.140. The van der Waals surface area contributed by atoms with Gasteiger partial charge in [-0.1, -0.05) is 23.7 Å². The zero-order valence-electron chi connectivity index (χ0n) is 14.0. The van der Waals surface area contributed by atoms with Crippen molar-refractivity contribution >= 4 is 45.6 Å². The third-order valence-electron chi connectivity index (χ3n) is 3.52. The zero-order valence-corrected chi connectivity index (χ0v) is 15.5. The van der Waals surface area contributed by atoms with Crippen LogP contribution in [0.1, 0.15) is 21.6 Å². The number of rotatable bonds is 5. The van der Waals surface area contributed by atoms with E-state index in [-0.39, 0.29) is 18.2 Å². The number of hydrogen-bond donors (Lipinski definition) is 2. The average molecular weight is 386 g/mol. The standard InChI is InChI=1S/C19H16ClN3O2S/c1-12-3-2-4-15(9-12)21-17(24)10-16-11-26-19(22-16)23-18(25)13-5-7-14(20)8-6-13/h2-9,11H,10H2,1H3,(H,21,24)(H,22,23,25). The van der Waals surface area contributed by atoms with E-state index in [4.69, 9.17) is 11.6 Å². The van der Waals surface area contributed by atoms with E-state index in [9.17, 15) is 9.59 Å². The number of halogens is 1. The van der Waals surface area contributed by atoms with E-state index in [2.05, 4.69) is 15.6 Å².